The maximum atomic E-state index is 5.76. The van der Waals surface area contributed by atoms with Gasteiger partial charge in [0.1, 0.15) is 5.82 Å². The van der Waals surface area contributed by atoms with E-state index >= 15 is 0 Å². The Labute approximate surface area is 109 Å². The zero-order chi connectivity index (χ0) is 13.3. The third-order valence-corrected chi connectivity index (χ3v) is 3.41. The summed E-state index contributed by atoms with van der Waals surface area (Å²) in [5, 5.41) is 0. The molecule has 2 atom stereocenters. The molecule has 1 aromatic heterocycles. The van der Waals surface area contributed by atoms with Crippen molar-refractivity contribution in [2.75, 3.05) is 25.4 Å². The zero-order valence-electron chi connectivity index (χ0n) is 11.8. The fraction of sp³-hybridized carbons (Fsp3) is 0.769. The molecule has 102 valence electrons. The number of ether oxygens (including phenoxy) is 1. The van der Waals surface area contributed by atoms with E-state index in [-0.39, 0.29) is 5.54 Å². The number of nitrogens with two attached hydrogens (primary N) is 1. The zero-order valence-corrected chi connectivity index (χ0v) is 11.8. The number of aromatic nitrogens is 2. The predicted octanol–water partition coefficient (Wildman–Crippen LogP) is 1.31. The SMILES string of the molecule is CC1CN(CC(C)(C)n2cnc(N)c2)CC(C)O1. The molecule has 2 N–H and O–H groups in total. The molecular weight excluding hydrogens is 228 g/mol. The van der Waals surface area contributed by atoms with Crippen molar-refractivity contribution >= 4 is 5.82 Å². The highest BCUT2D eigenvalue weighted by Gasteiger charge is 2.28. The van der Waals surface area contributed by atoms with E-state index in [0.29, 0.717) is 18.0 Å². The second kappa shape index (κ2) is 4.90. The molecule has 2 rings (SSSR count). The minimum Gasteiger partial charge on any atom is -0.382 e. The first kappa shape index (κ1) is 13.4. The van der Waals surface area contributed by atoms with Crippen molar-refractivity contribution in [1.82, 2.24) is 14.5 Å². The molecule has 5 nitrogen and oxygen atoms in total. The summed E-state index contributed by atoms with van der Waals surface area (Å²) in [6, 6.07) is 0. The smallest absolute Gasteiger partial charge is 0.141 e. The van der Waals surface area contributed by atoms with Crippen LogP contribution in [0.4, 0.5) is 5.82 Å². The van der Waals surface area contributed by atoms with Crippen LogP contribution in [-0.4, -0.2) is 46.3 Å². The van der Waals surface area contributed by atoms with Crippen LogP contribution < -0.4 is 5.73 Å². The third-order valence-electron chi connectivity index (χ3n) is 3.41. The highest BCUT2D eigenvalue weighted by molar-refractivity contribution is 5.23. The van der Waals surface area contributed by atoms with E-state index in [1.807, 2.05) is 12.5 Å². The first-order chi connectivity index (χ1) is 8.37. The average Bonchev–Trinajstić information content (AvgIpc) is 2.62. The molecule has 0 aliphatic carbocycles. The van der Waals surface area contributed by atoms with Gasteiger partial charge in [0.25, 0.3) is 0 Å². The lowest BCUT2D eigenvalue weighted by molar-refractivity contribution is -0.0747. The Bertz CT molecular complexity index is 391. The fourth-order valence-electron chi connectivity index (χ4n) is 2.71. The lowest BCUT2D eigenvalue weighted by Gasteiger charge is -2.40. The molecule has 2 unspecified atom stereocenters. The van der Waals surface area contributed by atoms with Crippen molar-refractivity contribution in [2.45, 2.75) is 45.4 Å². The van der Waals surface area contributed by atoms with Crippen LogP contribution in [0.25, 0.3) is 0 Å². The van der Waals surface area contributed by atoms with Gasteiger partial charge in [-0.2, -0.15) is 0 Å². The van der Waals surface area contributed by atoms with E-state index in [2.05, 4.69) is 42.1 Å². The van der Waals surface area contributed by atoms with Crippen LogP contribution in [-0.2, 0) is 10.3 Å². The summed E-state index contributed by atoms with van der Waals surface area (Å²) in [5.41, 5.74) is 5.67. The number of hydrogen-bond donors (Lipinski definition) is 1. The molecule has 1 aliphatic heterocycles. The van der Waals surface area contributed by atoms with Crippen LogP contribution in [0.1, 0.15) is 27.7 Å². The van der Waals surface area contributed by atoms with Crippen LogP contribution in [0, 0.1) is 0 Å². The minimum absolute atomic E-state index is 0.0125. The monoisotopic (exact) mass is 252 g/mol. The summed E-state index contributed by atoms with van der Waals surface area (Å²) in [6.45, 7) is 11.6. The van der Waals surface area contributed by atoms with Gasteiger partial charge in [-0.05, 0) is 27.7 Å². The van der Waals surface area contributed by atoms with Gasteiger partial charge >= 0.3 is 0 Å². The number of rotatable bonds is 3. The van der Waals surface area contributed by atoms with E-state index in [4.69, 9.17) is 10.5 Å². The van der Waals surface area contributed by atoms with E-state index < -0.39 is 0 Å². The normalized spacial score (nSPS) is 26.4. The number of hydrogen-bond acceptors (Lipinski definition) is 4. The highest BCUT2D eigenvalue weighted by Crippen LogP contribution is 2.20. The summed E-state index contributed by atoms with van der Waals surface area (Å²) in [6.07, 6.45) is 4.31. The van der Waals surface area contributed by atoms with Crippen molar-refractivity contribution in [2.24, 2.45) is 0 Å². The van der Waals surface area contributed by atoms with Gasteiger partial charge in [-0.3, -0.25) is 4.90 Å². The van der Waals surface area contributed by atoms with Gasteiger partial charge in [-0.1, -0.05) is 0 Å². The van der Waals surface area contributed by atoms with Crippen molar-refractivity contribution in [1.29, 1.82) is 0 Å². The largest absolute Gasteiger partial charge is 0.382 e. The number of anilines is 1. The van der Waals surface area contributed by atoms with Crippen molar-refractivity contribution < 1.29 is 4.74 Å². The standard InChI is InChI=1S/C13H24N4O/c1-10-5-16(6-11(2)18-10)8-13(3,4)17-7-12(14)15-9-17/h7,9-11H,5-6,8,14H2,1-4H3. The maximum Gasteiger partial charge on any atom is 0.141 e. The molecule has 0 radical (unpaired) electrons. The molecule has 0 saturated carbocycles. The summed E-state index contributed by atoms with van der Waals surface area (Å²) in [4.78, 5) is 6.56. The topological polar surface area (TPSA) is 56.3 Å². The van der Waals surface area contributed by atoms with Crippen LogP contribution >= 0.6 is 0 Å². The first-order valence-corrected chi connectivity index (χ1v) is 6.54. The molecule has 1 aromatic rings. The first-order valence-electron chi connectivity index (χ1n) is 6.54. The fourth-order valence-corrected chi connectivity index (χ4v) is 2.71. The molecule has 0 bridgehead atoms. The summed E-state index contributed by atoms with van der Waals surface area (Å²) in [7, 11) is 0. The molecule has 5 heteroatoms. The van der Waals surface area contributed by atoms with E-state index in [0.717, 1.165) is 19.6 Å². The Morgan fingerprint density at radius 3 is 2.50 bits per heavy atom. The van der Waals surface area contributed by atoms with Crippen molar-refractivity contribution in [3.05, 3.63) is 12.5 Å². The number of imidazole rings is 1. The van der Waals surface area contributed by atoms with Gasteiger partial charge in [-0.25, -0.2) is 4.98 Å². The van der Waals surface area contributed by atoms with Crippen LogP contribution in [0.3, 0.4) is 0 Å². The van der Waals surface area contributed by atoms with Gasteiger partial charge in [0.2, 0.25) is 0 Å². The van der Waals surface area contributed by atoms with Gasteiger partial charge in [-0.15, -0.1) is 0 Å². The third kappa shape index (κ3) is 3.03. The Kier molecular flexibility index (Phi) is 3.64. The summed E-state index contributed by atoms with van der Waals surface area (Å²) in [5.74, 6) is 0.576. The summed E-state index contributed by atoms with van der Waals surface area (Å²) < 4.78 is 7.85. The molecule has 2 heterocycles. The minimum atomic E-state index is -0.0125. The molecule has 0 spiro atoms. The van der Waals surface area contributed by atoms with Crippen LogP contribution in [0.5, 0.6) is 0 Å². The molecule has 1 saturated heterocycles. The highest BCUT2D eigenvalue weighted by atomic mass is 16.5. The van der Waals surface area contributed by atoms with Gasteiger partial charge in [0, 0.05) is 25.8 Å². The lowest BCUT2D eigenvalue weighted by Crippen LogP contribution is -2.50. The molecule has 1 fully saturated rings. The quantitative estimate of drug-likeness (QED) is 0.881. The van der Waals surface area contributed by atoms with Gasteiger partial charge in [0.15, 0.2) is 0 Å². The molecular formula is C13H24N4O. The molecule has 1 aliphatic rings. The Balaban J connectivity index is 2.03. The second-order valence-electron chi connectivity index (χ2n) is 5.97. The van der Waals surface area contributed by atoms with Gasteiger partial charge < -0.3 is 15.0 Å². The van der Waals surface area contributed by atoms with Crippen LogP contribution in [0.2, 0.25) is 0 Å². The second-order valence-corrected chi connectivity index (χ2v) is 5.97. The van der Waals surface area contributed by atoms with E-state index in [1.54, 1.807) is 0 Å². The van der Waals surface area contributed by atoms with Crippen molar-refractivity contribution in [3.8, 4) is 0 Å². The van der Waals surface area contributed by atoms with Gasteiger partial charge in [0.05, 0.1) is 24.1 Å². The Morgan fingerprint density at radius 1 is 1.39 bits per heavy atom. The number of nitrogen functional groups attached to an aromatic ring is 1. The molecule has 18 heavy (non-hydrogen) atoms. The number of nitrogens with zero attached hydrogens (tertiary/aromatic N) is 3. The van der Waals surface area contributed by atoms with Crippen LogP contribution in [0.15, 0.2) is 12.5 Å². The lowest BCUT2D eigenvalue weighted by atomic mass is 10.0. The van der Waals surface area contributed by atoms with E-state index in [1.165, 1.54) is 0 Å². The predicted molar refractivity (Wildman–Crippen MR) is 72.4 cm³/mol. The van der Waals surface area contributed by atoms with E-state index in [9.17, 15) is 0 Å². The summed E-state index contributed by atoms with van der Waals surface area (Å²) >= 11 is 0. The maximum absolute atomic E-state index is 5.76. The molecule has 0 aromatic carbocycles. The van der Waals surface area contributed by atoms with Crippen molar-refractivity contribution in [3.63, 3.8) is 0 Å². The Morgan fingerprint density at radius 2 is 2.00 bits per heavy atom. The number of morpholine rings is 1. The molecule has 0 amide bonds. The Hall–Kier alpha value is -1.07. The average molecular weight is 252 g/mol.